The molecule has 0 saturated carbocycles. The number of hydrogen-bond donors (Lipinski definition) is 0. The largest absolute Gasteiger partial charge is 0.340 e. The number of carbonyl (C=O) groups is 1. The van der Waals surface area contributed by atoms with E-state index in [9.17, 15) is 13.2 Å². The van der Waals surface area contributed by atoms with Gasteiger partial charge in [-0.25, -0.2) is 0 Å². The maximum absolute atomic E-state index is 12.3. The fourth-order valence-corrected chi connectivity index (χ4v) is 3.67. The van der Waals surface area contributed by atoms with Gasteiger partial charge in [-0.15, -0.1) is 0 Å². The van der Waals surface area contributed by atoms with Gasteiger partial charge in [0.05, 0.1) is 0 Å². The molecule has 0 aromatic heterocycles. The first-order chi connectivity index (χ1) is 10.8. The van der Waals surface area contributed by atoms with Crippen molar-refractivity contribution in [2.45, 2.75) is 12.8 Å². The van der Waals surface area contributed by atoms with Gasteiger partial charge in [0.15, 0.2) is 0 Å². The van der Waals surface area contributed by atoms with Crippen molar-refractivity contribution in [3.05, 3.63) is 34.9 Å². The van der Waals surface area contributed by atoms with Crippen LogP contribution in [0.2, 0.25) is 5.02 Å². The molecule has 6 nitrogen and oxygen atoms in total. The molecule has 1 heterocycles. The van der Waals surface area contributed by atoms with Gasteiger partial charge in [-0.2, -0.15) is 17.0 Å². The van der Waals surface area contributed by atoms with Crippen molar-refractivity contribution >= 4 is 27.7 Å². The van der Waals surface area contributed by atoms with Gasteiger partial charge in [-0.1, -0.05) is 23.7 Å². The zero-order chi connectivity index (χ0) is 17.0. The van der Waals surface area contributed by atoms with Crippen LogP contribution in [0.25, 0.3) is 0 Å². The fourth-order valence-electron chi connectivity index (χ4n) is 2.46. The number of piperazine rings is 1. The van der Waals surface area contributed by atoms with Crippen LogP contribution < -0.4 is 0 Å². The van der Waals surface area contributed by atoms with Crippen molar-refractivity contribution in [2.24, 2.45) is 0 Å². The standard InChI is InChI=1S/C15H22ClN3O3S/c1-17(2)23(21,22)19-11-9-18(10-12-19)15(20)8-5-13-3-6-14(16)7-4-13/h3-4,6-7H,5,8-12H2,1-2H3. The van der Waals surface area contributed by atoms with Crippen LogP contribution in [-0.4, -0.2) is 68.1 Å². The molecule has 0 atom stereocenters. The second-order valence-electron chi connectivity index (χ2n) is 5.70. The Morgan fingerprint density at radius 3 is 2.22 bits per heavy atom. The average molecular weight is 360 g/mol. The molecule has 0 bridgehead atoms. The van der Waals surface area contributed by atoms with Crippen molar-refractivity contribution < 1.29 is 13.2 Å². The summed E-state index contributed by atoms with van der Waals surface area (Å²) in [7, 11) is -0.366. The highest BCUT2D eigenvalue weighted by atomic mass is 35.5. The van der Waals surface area contributed by atoms with E-state index < -0.39 is 10.2 Å². The molecule has 0 aliphatic carbocycles. The number of amides is 1. The topological polar surface area (TPSA) is 60.9 Å². The average Bonchev–Trinajstić information content (AvgIpc) is 2.54. The van der Waals surface area contributed by atoms with E-state index in [0.29, 0.717) is 44.0 Å². The third-order valence-electron chi connectivity index (χ3n) is 3.92. The van der Waals surface area contributed by atoms with Crippen molar-refractivity contribution in [1.29, 1.82) is 0 Å². The van der Waals surface area contributed by atoms with Crippen LogP contribution in [0, 0.1) is 0 Å². The van der Waals surface area contributed by atoms with E-state index in [1.165, 1.54) is 22.7 Å². The normalized spacial score (nSPS) is 16.8. The first kappa shape index (κ1) is 18.2. The number of halogens is 1. The lowest BCUT2D eigenvalue weighted by atomic mass is 10.1. The van der Waals surface area contributed by atoms with Crippen molar-refractivity contribution in [3.63, 3.8) is 0 Å². The zero-order valence-electron chi connectivity index (χ0n) is 13.4. The van der Waals surface area contributed by atoms with Crippen LogP contribution in [0.15, 0.2) is 24.3 Å². The van der Waals surface area contributed by atoms with E-state index in [1.54, 1.807) is 4.90 Å². The molecule has 2 rings (SSSR count). The Morgan fingerprint density at radius 1 is 1.13 bits per heavy atom. The number of aryl methyl sites for hydroxylation is 1. The van der Waals surface area contributed by atoms with Crippen LogP contribution in [0.4, 0.5) is 0 Å². The third-order valence-corrected chi connectivity index (χ3v) is 6.11. The zero-order valence-corrected chi connectivity index (χ0v) is 15.0. The molecule has 1 amide bonds. The van der Waals surface area contributed by atoms with Gasteiger partial charge in [0.2, 0.25) is 5.91 Å². The van der Waals surface area contributed by atoms with E-state index in [4.69, 9.17) is 11.6 Å². The second kappa shape index (κ2) is 7.61. The molecule has 1 fully saturated rings. The van der Waals surface area contributed by atoms with Crippen molar-refractivity contribution in [2.75, 3.05) is 40.3 Å². The summed E-state index contributed by atoms with van der Waals surface area (Å²) in [6.45, 7) is 1.55. The van der Waals surface area contributed by atoms with Crippen molar-refractivity contribution in [3.8, 4) is 0 Å². The smallest absolute Gasteiger partial charge is 0.281 e. The van der Waals surface area contributed by atoms with Crippen molar-refractivity contribution in [1.82, 2.24) is 13.5 Å². The first-order valence-electron chi connectivity index (χ1n) is 7.50. The fraction of sp³-hybridized carbons (Fsp3) is 0.533. The highest BCUT2D eigenvalue weighted by Gasteiger charge is 2.29. The summed E-state index contributed by atoms with van der Waals surface area (Å²) in [6, 6.07) is 7.45. The summed E-state index contributed by atoms with van der Waals surface area (Å²) in [5.74, 6) is 0.0573. The van der Waals surface area contributed by atoms with Crippen LogP contribution in [0.3, 0.4) is 0 Å². The summed E-state index contributed by atoms with van der Waals surface area (Å²) in [5.41, 5.74) is 1.07. The maximum Gasteiger partial charge on any atom is 0.281 e. The van der Waals surface area contributed by atoms with Gasteiger partial charge in [0.1, 0.15) is 0 Å². The molecular weight excluding hydrogens is 338 g/mol. The lowest BCUT2D eigenvalue weighted by Crippen LogP contribution is -2.53. The van der Waals surface area contributed by atoms with Gasteiger partial charge in [-0.05, 0) is 24.1 Å². The van der Waals surface area contributed by atoms with E-state index in [2.05, 4.69) is 0 Å². The van der Waals surface area contributed by atoms with E-state index in [-0.39, 0.29) is 5.91 Å². The lowest BCUT2D eigenvalue weighted by molar-refractivity contribution is -0.132. The lowest BCUT2D eigenvalue weighted by Gasteiger charge is -2.35. The molecule has 0 radical (unpaired) electrons. The minimum Gasteiger partial charge on any atom is -0.340 e. The maximum atomic E-state index is 12.3. The summed E-state index contributed by atoms with van der Waals surface area (Å²) in [4.78, 5) is 14.0. The predicted molar refractivity (Wildman–Crippen MR) is 90.5 cm³/mol. The van der Waals surface area contributed by atoms with Gasteiger partial charge >= 0.3 is 0 Å². The highest BCUT2D eigenvalue weighted by molar-refractivity contribution is 7.86. The van der Waals surface area contributed by atoms with Gasteiger partial charge < -0.3 is 4.90 Å². The Kier molecular flexibility index (Phi) is 6.02. The Hall–Kier alpha value is -1.15. The molecule has 0 N–H and O–H groups in total. The summed E-state index contributed by atoms with van der Waals surface area (Å²) in [5, 5.41) is 0.679. The molecule has 128 valence electrons. The molecule has 0 unspecified atom stereocenters. The molecule has 0 spiro atoms. The van der Waals surface area contributed by atoms with Crippen LogP contribution in [0.5, 0.6) is 0 Å². The van der Waals surface area contributed by atoms with E-state index in [0.717, 1.165) is 5.56 Å². The highest BCUT2D eigenvalue weighted by Crippen LogP contribution is 2.13. The third kappa shape index (κ3) is 4.67. The quantitative estimate of drug-likeness (QED) is 0.794. The minimum absolute atomic E-state index is 0.0573. The number of carbonyl (C=O) groups excluding carboxylic acids is 1. The van der Waals surface area contributed by atoms with E-state index >= 15 is 0 Å². The molecule has 1 aromatic carbocycles. The van der Waals surface area contributed by atoms with Gasteiger partial charge in [0, 0.05) is 51.7 Å². The Balaban J connectivity index is 1.83. The monoisotopic (exact) mass is 359 g/mol. The summed E-state index contributed by atoms with van der Waals surface area (Å²) in [6.07, 6.45) is 1.08. The first-order valence-corrected chi connectivity index (χ1v) is 9.28. The minimum atomic E-state index is -3.39. The van der Waals surface area contributed by atoms with Crippen LogP contribution >= 0.6 is 11.6 Å². The number of nitrogens with zero attached hydrogens (tertiary/aromatic N) is 3. The van der Waals surface area contributed by atoms with Crippen LogP contribution in [-0.2, 0) is 21.4 Å². The molecule has 1 aliphatic heterocycles. The predicted octanol–water partition coefficient (Wildman–Crippen LogP) is 1.22. The number of hydrogen-bond acceptors (Lipinski definition) is 3. The second-order valence-corrected chi connectivity index (χ2v) is 8.28. The summed E-state index contributed by atoms with van der Waals surface area (Å²) < 4.78 is 26.7. The summed E-state index contributed by atoms with van der Waals surface area (Å²) >= 11 is 5.84. The number of rotatable bonds is 5. The number of benzene rings is 1. The Labute approximate surface area is 142 Å². The SMILES string of the molecule is CN(C)S(=O)(=O)N1CCN(C(=O)CCc2ccc(Cl)cc2)CC1. The Morgan fingerprint density at radius 2 is 1.70 bits per heavy atom. The molecule has 8 heteroatoms. The molecule has 1 aromatic rings. The molecular formula is C15H22ClN3O3S. The molecule has 23 heavy (non-hydrogen) atoms. The van der Waals surface area contributed by atoms with Crippen LogP contribution in [0.1, 0.15) is 12.0 Å². The molecule has 1 saturated heterocycles. The Bertz CT molecular complexity index is 638. The van der Waals surface area contributed by atoms with E-state index in [1.807, 2.05) is 24.3 Å². The molecule has 1 aliphatic rings. The van der Waals surface area contributed by atoms with Gasteiger partial charge in [0.25, 0.3) is 10.2 Å². The van der Waals surface area contributed by atoms with Gasteiger partial charge in [-0.3, -0.25) is 4.79 Å².